The van der Waals surface area contributed by atoms with E-state index in [-0.39, 0.29) is 16.9 Å². The van der Waals surface area contributed by atoms with Gasteiger partial charge in [-0.1, -0.05) is 32.0 Å². The summed E-state index contributed by atoms with van der Waals surface area (Å²) >= 11 is 0. The molecule has 2 unspecified atom stereocenters. The Morgan fingerprint density at radius 3 is 2.58 bits per heavy atom. The Labute approximate surface area is 191 Å². The summed E-state index contributed by atoms with van der Waals surface area (Å²) in [6.45, 7) is 7.73. The molecule has 1 aromatic carbocycles. The van der Waals surface area contributed by atoms with E-state index in [4.69, 9.17) is 4.79 Å². The van der Waals surface area contributed by atoms with Crippen molar-refractivity contribution < 1.29 is 18.4 Å². The highest BCUT2D eigenvalue weighted by molar-refractivity contribution is 6.04. The van der Waals surface area contributed by atoms with Crippen LogP contribution in [0.1, 0.15) is 49.2 Å². The summed E-state index contributed by atoms with van der Waals surface area (Å²) in [5, 5.41) is 10.7. The maximum atomic E-state index is 13.2. The van der Waals surface area contributed by atoms with Crippen LogP contribution in [-0.2, 0) is 4.79 Å². The molecule has 0 aliphatic carbocycles. The van der Waals surface area contributed by atoms with Crippen molar-refractivity contribution in [2.45, 2.75) is 45.2 Å². The number of carbonyl (C=O) groups is 2. The molecule has 3 aliphatic heterocycles. The minimum atomic E-state index is -2.67. The minimum absolute atomic E-state index is 0.0937. The number of aromatic nitrogens is 3. The number of halogens is 2. The van der Waals surface area contributed by atoms with Crippen LogP contribution in [0.25, 0.3) is 5.52 Å². The summed E-state index contributed by atoms with van der Waals surface area (Å²) in [4.78, 5) is 27.5. The predicted molar refractivity (Wildman–Crippen MR) is 123 cm³/mol. The van der Waals surface area contributed by atoms with E-state index in [0.717, 1.165) is 25.9 Å². The number of para-hydroxylation sites is 1. The Kier molecular flexibility index (Phi) is 8.05. The fraction of sp³-hybridized carbons (Fsp3) is 0.391. The monoisotopic (exact) mass is 458 g/mol. The lowest BCUT2D eigenvalue weighted by atomic mass is 9.93. The van der Waals surface area contributed by atoms with Gasteiger partial charge >= 0.3 is 0 Å². The van der Waals surface area contributed by atoms with Crippen molar-refractivity contribution in [2.75, 3.05) is 23.3 Å². The second kappa shape index (κ2) is 11.0. The molecule has 2 aromatic heterocycles. The zero-order chi connectivity index (χ0) is 24.0. The average Bonchev–Trinajstić information content (AvgIpc) is 3.31. The third-order valence-electron chi connectivity index (χ3n) is 5.67. The molecule has 176 valence electrons. The second-order valence-electron chi connectivity index (χ2n) is 7.44. The first-order valence-corrected chi connectivity index (χ1v) is 10.9. The molecule has 10 heteroatoms. The molecule has 6 rings (SSSR count). The standard InChI is InChI=1S/C20H20F2N6O.C2H6.CH2O/c21-18(22)15-3-1-2-4-16(15)25-19(29)17-8-7-14-10-24-20(26-28(14)17)27-11-12-5-6-13(27)9-23-12;2*1-2/h1-4,7-8,10,12-13,18,23H,5-6,9,11H2,(H,25,29);1-2H3;1H2. The summed E-state index contributed by atoms with van der Waals surface area (Å²) < 4.78 is 28.0. The molecule has 1 amide bonds. The Hall–Kier alpha value is -3.40. The van der Waals surface area contributed by atoms with Gasteiger partial charge in [0.2, 0.25) is 5.95 Å². The van der Waals surface area contributed by atoms with Crippen molar-refractivity contribution in [3.63, 3.8) is 0 Å². The molecule has 2 bridgehead atoms. The third kappa shape index (κ3) is 5.00. The van der Waals surface area contributed by atoms with E-state index in [1.807, 2.05) is 20.6 Å². The number of piperazine rings is 1. The van der Waals surface area contributed by atoms with Gasteiger partial charge < -0.3 is 20.3 Å². The summed E-state index contributed by atoms with van der Waals surface area (Å²) in [6.07, 6.45) is 1.24. The SMILES string of the molecule is C=O.CC.O=C(Nc1ccccc1C(F)F)c1ccc2cnc(N3CC4CCC3CN4)nn12. The highest BCUT2D eigenvalue weighted by Crippen LogP contribution is 2.28. The van der Waals surface area contributed by atoms with Crippen molar-refractivity contribution >= 4 is 29.8 Å². The second-order valence-corrected chi connectivity index (χ2v) is 7.44. The van der Waals surface area contributed by atoms with Crippen LogP contribution in [0.15, 0.2) is 42.6 Å². The van der Waals surface area contributed by atoms with E-state index in [1.165, 1.54) is 22.7 Å². The molecule has 33 heavy (non-hydrogen) atoms. The summed E-state index contributed by atoms with van der Waals surface area (Å²) in [7, 11) is 0. The van der Waals surface area contributed by atoms with Gasteiger partial charge in [-0.2, -0.15) is 0 Å². The van der Waals surface area contributed by atoms with Crippen molar-refractivity contribution in [3.05, 3.63) is 53.9 Å². The van der Waals surface area contributed by atoms with Gasteiger partial charge in [-0.15, -0.1) is 5.10 Å². The highest BCUT2D eigenvalue weighted by atomic mass is 19.3. The fourth-order valence-electron chi connectivity index (χ4n) is 4.14. The number of anilines is 2. The van der Waals surface area contributed by atoms with Gasteiger partial charge in [0.1, 0.15) is 12.5 Å². The Balaban J connectivity index is 0.000000728. The van der Waals surface area contributed by atoms with Crippen LogP contribution in [0.5, 0.6) is 0 Å². The van der Waals surface area contributed by atoms with Crippen LogP contribution in [0.3, 0.4) is 0 Å². The Morgan fingerprint density at radius 1 is 1.18 bits per heavy atom. The quantitative estimate of drug-likeness (QED) is 0.620. The number of rotatable bonds is 4. The lowest BCUT2D eigenvalue weighted by Crippen LogP contribution is -2.61. The largest absolute Gasteiger partial charge is 0.334 e. The number of hydrogen-bond acceptors (Lipinski definition) is 6. The van der Waals surface area contributed by atoms with Crippen LogP contribution in [-0.4, -0.2) is 52.5 Å². The summed E-state index contributed by atoms with van der Waals surface area (Å²) in [5.74, 6) is 0.0801. The van der Waals surface area contributed by atoms with Gasteiger partial charge in [0.05, 0.1) is 11.7 Å². The topological polar surface area (TPSA) is 91.6 Å². The minimum Gasteiger partial charge on any atom is -0.334 e. The average molecular weight is 459 g/mol. The van der Waals surface area contributed by atoms with E-state index < -0.39 is 12.3 Å². The first kappa shape index (κ1) is 24.2. The Bertz CT molecular complexity index is 1080. The zero-order valence-electron chi connectivity index (χ0n) is 18.7. The number of fused-ring (bicyclic) bond motifs is 4. The molecule has 0 saturated carbocycles. The van der Waals surface area contributed by atoms with Crippen LogP contribution < -0.4 is 15.5 Å². The molecule has 3 aromatic rings. The summed E-state index contributed by atoms with van der Waals surface area (Å²) in [5.41, 5.74) is 0.819. The van der Waals surface area contributed by atoms with E-state index in [2.05, 4.69) is 25.6 Å². The molecule has 3 fully saturated rings. The van der Waals surface area contributed by atoms with Gasteiger partial charge in [0.25, 0.3) is 12.3 Å². The number of carbonyl (C=O) groups excluding carboxylic acids is 2. The van der Waals surface area contributed by atoms with Gasteiger partial charge in [0, 0.05) is 36.4 Å². The molecular formula is C23H28F2N6O2. The summed E-state index contributed by atoms with van der Waals surface area (Å²) in [6, 6.07) is 10.0. The maximum Gasteiger partial charge on any atom is 0.274 e. The van der Waals surface area contributed by atoms with E-state index in [9.17, 15) is 13.6 Å². The van der Waals surface area contributed by atoms with Crippen molar-refractivity contribution in [3.8, 4) is 0 Å². The van der Waals surface area contributed by atoms with Crippen molar-refractivity contribution in [2.24, 2.45) is 0 Å². The van der Waals surface area contributed by atoms with Crippen LogP contribution in [0.4, 0.5) is 20.4 Å². The number of benzene rings is 1. The number of amides is 1. The van der Waals surface area contributed by atoms with Crippen LogP contribution in [0.2, 0.25) is 0 Å². The molecule has 0 spiro atoms. The maximum absolute atomic E-state index is 13.2. The molecular weight excluding hydrogens is 430 g/mol. The van der Waals surface area contributed by atoms with Gasteiger partial charge in [-0.05, 0) is 31.0 Å². The van der Waals surface area contributed by atoms with Crippen LogP contribution in [0, 0.1) is 0 Å². The number of hydrogen-bond donors (Lipinski definition) is 2. The highest BCUT2D eigenvalue weighted by Gasteiger charge is 2.35. The van der Waals surface area contributed by atoms with E-state index >= 15 is 0 Å². The van der Waals surface area contributed by atoms with E-state index in [0.29, 0.717) is 23.5 Å². The first-order valence-electron chi connectivity index (χ1n) is 10.9. The molecule has 0 radical (unpaired) electrons. The molecule has 8 nitrogen and oxygen atoms in total. The third-order valence-corrected chi connectivity index (χ3v) is 5.67. The lowest BCUT2D eigenvalue weighted by molar-refractivity contribution is -0.0980. The predicted octanol–water partition coefficient (Wildman–Crippen LogP) is 3.70. The fourth-order valence-corrected chi connectivity index (χ4v) is 4.14. The number of piperidine rings is 2. The van der Waals surface area contributed by atoms with E-state index in [1.54, 1.807) is 24.4 Å². The number of alkyl halides is 2. The molecule has 2 N–H and O–H groups in total. The van der Waals surface area contributed by atoms with Gasteiger partial charge in [0.15, 0.2) is 0 Å². The molecule has 3 aliphatic rings. The van der Waals surface area contributed by atoms with Gasteiger partial charge in [-0.25, -0.2) is 18.3 Å². The Morgan fingerprint density at radius 2 is 1.94 bits per heavy atom. The lowest BCUT2D eigenvalue weighted by Gasteiger charge is -2.45. The van der Waals surface area contributed by atoms with Gasteiger partial charge in [-0.3, -0.25) is 4.79 Å². The van der Waals surface area contributed by atoms with Crippen molar-refractivity contribution in [1.82, 2.24) is 19.9 Å². The first-order chi connectivity index (χ1) is 16.1. The molecule has 2 atom stereocenters. The number of nitrogens with zero attached hydrogens (tertiary/aromatic N) is 4. The molecule has 5 heterocycles. The zero-order valence-corrected chi connectivity index (χ0v) is 18.7. The normalized spacial score (nSPS) is 18.9. The molecule has 3 saturated heterocycles. The number of nitrogens with one attached hydrogen (secondary N) is 2. The van der Waals surface area contributed by atoms with Crippen LogP contribution >= 0.6 is 0 Å². The van der Waals surface area contributed by atoms with Crippen molar-refractivity contribution in [1.29, 1.82) is 0 Å². The smallest absolute Gasteiger partial charge is 0.274 e.